The van der Waals surface area contributed by atoms with Crippen molar-refractivity contribution in [1.29, 1.82) is 0 Å². The molecule has 2 aromatic rings. The number of likely N-dealkylation sites (tertiary alicyclic amines) is 1. The van der Waals surface area contributed by atoms with E-state index in [1.165, 1.54) is 12.1 Å². The maximum absolute atomic E-state index is 13.2. The van der Waals surface area contributed by atoms with Crippen LogP contribution in [0.5, 0.6) is 0 Å². The highest BCUT2D eigenvalue weighted by molar-refractivity contribution is 5.89. The number of nitrogens with zero attached hydrogens (tertiary/aromatic N) is 3. The molecule has 0 spiro atoms. The lowest BCUT2D eigenvalue weighted by atomic mass is 10.1. The first-order valence-corrected chi connectivity index (χ1v) is 7.87. The monoisotopic (exact) mass is 332 g/mol. The van der Waals surface area contributed by atoms with Crippen molar-refractivity contribution >= 4 is 28.9 Å². The van der Waals surface area contributed by atoms with Crippen LogP contribution in [0, 0.1) is 11.7 Å². The van der Waals surface area contributed by atoms with E-state index < -0.39 is 0 Å². The minimum absolute atomic E-state index is 0.00730. The largest absolute Gasteiger partial charge is 0.423 e. The molecule has 0 saturated carbocycles. The van der Waals surface area contributed by atoms with E-state index in [1.54, 1.807) is 18.0 Å². The topological polar surface area (TPSA) is 78.7 Å². The van der Waals surface area contributed by atoms with Gasteiger partial charge in [0.05, 0.1) is 12.0 Å². The molecule has 1 aromatic carbocycles. The molecule has 0 aliphatic carbocycles. The minimum Gasteiger partial charge on any atom is -0.423 e. The molecule has 2 aliphatic rings. The van der Waals surface area contributed by atoms with Gasteiger partial charge in [-0.3, -0.25) is 9.59 Å². The fraction of sp³-hybridized carbons (Fsp3) is 0.438. The first-order chi connectivity index (χ1) is 11.5. The van der Waals surface area contributed by atoms with Gasteiger partial charge in [0.1, 0.15) is 11.3 Å². The molecule has 0 radical (unpaired) electrons. The summed E-state index contributed by atoms with van der Waals surface area (Å²) in [5.41, 5.74) is 1.01. The van der Waals surface area contributed by atoms with E-state index in [9.17, 15) is 14.0 Å². The molecule has 2 saturated heterocycles. The lowest BCUT2D eigenvalue weighted by Gasteiger charge is -2.43. The van der Waals surface area contributed by atoms with Crippen LogP contribution in [0.25, 0.3) is 11.1 Å². The zero-order valence-electron chi connectivity index (χ0n) is 13.2. The Labute approximate surface area is 137 Å². The van der Waals surface area contributed by atoms with E-state index in [2.05, 4.69) is 10.3 Å². The third kappa shape index (κ3) is 2.38. The van der Waals surface area contributed by atoms with Crippen molar-refractivity contribution in [1.82, 2.24) is 15.2 Å². The number of rotatable bonds is 3. The van der Waals surface area contributed by atoms with Crippen LogP contribution in [0.3, 0.4) is 0 Å². The SMILES string of the molecule is CNC(=O)C1CC(=O)N(C2CN(c3nc4cc(F)ccc4o3)C2)C1. The second-order valence-electron chi connectivity index (χ2n) is 6.23. The summed E-state index contributed by atoms with van der Waals surface area (Å²) in [7, 11) is 1.58. The highest BCUT2D eigenvalue weighted by Crippen LogP contribution is 2.30. The Morgan fingerprint density at radius 3 is 2.92 bits per heavy atom. The van der Waals surface area contributed by atoms with Crippen molar-refractivity contribution in [3.8, 4) is 0 Å². The molecule has 4 rings (SSSR count). The van der Waals surface area contributed by atoms with Gasteiger partial charge in [0, 0.05) is 39.2 Å². The Kier molecular flexibility index (Phi) is 3.40. The average molecular weight is 332 g/mol. The van der Waals surface area contributed by atoms with Crippen LogP contribution in [0.15, 0.2) is 22.6 Å². The molecule has 2 fully saturated rings. The van der Waals surface area contributed by atoms with E-state index in [0.29, 0.717) is 36.7 Å². The molecule has 0 bridgehead atoms. The minimum atomic E-state index is -0.355. The number of halogens is 1. The van der Waals surface area contributed by atoms with E-state index in [-0.39, 0.29) is 36.0 Å². The van der Waals surface area contributed by atoms with E-state index in [4.69, 9.17) is 4.42 Å². The molecule has 2 amide bonds. The maximum atomic E-state index is 13.2. The molecule has 3 heterocycles. The normalized spacial score (nSPS) is 21.4. The number of benzene rings is 1. The highest BCUT2D eigenvalue weighted by atomic mass is 19.1. The standard InChI is InChI=1S/C16H17FN4O3/c1-18-15(23)9-4-14(22)21(6-9)11-7-20(8-11)16-19-12-5-10(17)2-3-13(12)24-16/h2-3,5,9,11H,4,6-8H2,1H3,(H,18,23). The lowest BCUT2D eigenvalue weighted by Crippen LogP contribution is -2.60. The predicted molar refractivity (Wildman–Crippen MR) is 83.9 cm³/mol. The third-order valence-corrected chi connectivity index (χ3v) is 4.69. The van der Waals surface area contributed by atoms with Gasteiger partial charge >= 0.3 is 0 Å². The van der Waals surface area contributed by atoms with Crippen molar-refractivity contribution in [2.75, 3.05) is 31.6 Å². The molecule has 2 aliphatic heterocycles. The van der Waals surface area contributed by atoms with Gasteiger partial charge in [0.2, 0.25) is 11.8 Å². The van der Waals surface area contributed by atoms with Crippen molar-refractivity contribution in [3.63, 3.8) is 0 Å². The van der Waals surface area contributed by atoms with Crippen LogP contribution in [-0.2, 0) is 9.59 Å². The molecular weight excluding hydrogens is 315 g/mol. The number of carbonyl (C=O) groups excluding carboxylic acids is 2. The van der Waals surface area contributed by atoms with Gasteiger partial charge in [-0.1, -0.05) is 0 Å². The number of hydrogen-bond acceptors (Lipinski definition) is 5. The molecule has 24 heavy (non-hydrogen) atoms. The van der Waals surface area contributed by atoms with Crippen LogP contribution in [0.1, 0.15) is 6.42 Å². The number of carbonyl (C=O) groups is 2. The number of amides is 2. The molecule has 126 valence electrons. The molecular formula is C16H17FN4O3. The van der Waals surface area contributed by atoms with E-state index >= 15 is 0 Å². The number of fused-ring (bicyclic) bond motifs is 1. The summed E-state index contributed by atoms with van der Waals surface area (Å²) in [6.45, 7) is 1.65. The molecule has 1 N–H and O–H groups in total. The summed E-state index contributed by atoms with van der Waals surface area (Å²) in [4.78, 5) is 31.8. The molecule has 8 heteroatoms. The molecule has 1 unspecified atom stereocenters. The van der Waals surface area contributed by atoms with Gasteiger partial charge in [0.25, 0.3) is 6.01 Å². The third-order valence-electron chi connectivity index (χ3n) is 4.69. The summed E-state index contributed by atoms with van der Waals surface area (Å²) >= 11 is 0. The first kappa shape index (κ1) is 14.9. The van der Waals surface area contributed by atoms with E-state index in [0.717, 1.165) is 0 Å². The highest BCUT2D eigenvalue weighted by Gasteiger charge is 2.43. The summed E-state index contributed by atoms with van der Waals surface area (Å²) < 4.78 is 18.8. The Morgan fingerprint density at radius 1 is 1.38 bits per heavy atom. The second kappa shape index (κ2) is 5.47. The van der Waals surface area contributed by atoms with Gasteiger partial charge in [-0.2, -0.15) is 4.98 Å². The summed E-state index contributed by atoms with van der Waals surface area (Å²) in [6, 6.07) is 4.70. The number of anilines is 1. The number of hydrogen-bond donors (Lipinski definition) is 1. The zero-order valence-corrected chi connectivity index (χ0v) is 13.2. The van der Waals surface area contributed by atoms with Crippen molar-refractivity contribution < 1.29 is 18.4 Å². The Hall–Kier alpha value is -2.64. The smallest absolute Gasteiger partial charge is 0.298 e. The second-order valence-corrected chi connectivity index (χ2v) is 6.23. The Bertz CT molecular complexity index is 815. The Morgan fingerprint density at radius 2 is 2.17 bits per heavy atom. The average Bonchev–Trinajstić information content (AvgIpc) is 3.09. The Balaban J connectivity index is 1.42. The lowest BCUT2D eigenvalue weighted by molar-refractivity contribution is -0.130. The maximum Gasteiger partial charge on any atom is 0.298 e. The molecule has 1 aromatic heterocycles. The molecule has 7 nitrogen and oxygen atoms in total. The zero-order chi connectivity index (χ0) is 16.8. The molecule has 1 atom stereocenters. The van der Waals surface area contributed by atoms with Crippen LogP contribution >= 0.6 is 0 Å². The van der Waals surface area contributed by atoms with Crippen LogP contribution in [0.4, 0.5) is 10.4 Å². The summed E-state index contributed by atoms with van der Waals surface area (Å²) in [6.07, 6.45) is 0.262. The first-order valence-electron chi connectivity index (χ1n) is 7.87. The fourth-order valence-electron chi connectivity index (χ4n) is 3.30. The predicted octanol–water partition coefficient (Wildman–Crippen LogP) is 0.750. The number of aromatic nitrogens is 1. The van der Waals surface area contributed by atoms with Gasteiger partial charge in [-0.25, -0.2) is 4.39 Å². The van der Waals surface area contributed by atoms with Gasteiger partial charge in [-0.15, -0.1) is 0 Å². The number of oxazole rings is 1. The van der Waals surface area contributed by atoms with Crippen LogP contribution < -0.4 is 10.2 Å². The van der Waals surface area contributed by atoms with Crippen molar-refractivity contribution in [2.45, 2.75) is 12.5 Å². The van der Waals surface area contributed by atoms with Crippen LogP contribution in [0.2, 0.25) is 0 Å². The van der Waals surface area contributed by atoms with Crippen LogP contribution in [-0.4, -0.2) is 54.4 Å². The summed E-state index contributed by atoms with van der Waals surface area (Å²) in [5.74, 6) is -0.716. The number of nitrogens with one attached hydrogen (secondary N) is 1. The van der Waals surface area contributed by atoms with Crippen molar-refractivity contribution in [3.05, 3.63) is 24.0 Å². The van der Waals surface area contributed by atoms with Gasteiger partial charge in [0.15, 0.2) is 5.58 Å². The van der Waals surface area contributed by atoms with Gasteiger partial charge in [-0.05, 0) is 12.1 Å². The summed E-state index contributed by atoms with van der Waals surface area (Å²) in [5, 5.41) is 2.59. The quantitative estimate of drug-likeness (QED) is 0.897. The van der Waals surface area contributed by atoms with Gasteiger partial charge < -0.3 is 19.5 Å². The fourth-order valence-corrected chi connectivity index (χ4v) is 3.30. The van der Waals surface area contributed by atoms with Crippen molar-refractivity contribution in [2.24, 2.45) is 5.92 Å². The van der Waals surface area contributed by atoms with E-state index in [1.807, 2.05) is 4.90 Å².